The molecule has 0 heterocycles. The van der Waals surface area contributed by atoms with E-state index in [0.29, 0.717) is 0 Å². The maximum Gasteiger partial charge on any atom is 0.408 e. The average Bonchev–Trinajstić information content (AvgIpc) is 2.42. The molecule has 1 rings (SSSR count). The summed E-state index contributed by atoms with van der Waals surface area (Å²) in [6.45, 7) is -0.563. The lowest BCUT2D eigenvalue weighted by atomic mass is 10.2. The van der Waals surface area contributed by atoms with E-state index in [1.165, 1.54) is 0 Å². The fourth-order valence-corrected chi connectivity index (χ4v) is 1.45. The monoisotopic (exact) mass is 269 g/mol. The van der Waals surface area contributed by atoms with Gasteiger partial charge in [0, 0.05) is 0 Å². The number of amides is 1. The van der Waals surface area contributed by atoms with Crippen LogP contribution in [-0.4, -0.2) is 29.9 Å². The van der Waals surface area contributed by atoms with Crippen molar-refractivity contribution in [3.05, 3.63) is 35.9 Å². The van der Waals surface area contributed by atoms with Gasteiger partial charge >= 0.3 is 12.1 Å². The Morgan fingerprint density at radius 3 is 2.58 bits per heavy atom. The predicted molar refractivity (Wildman–Crippen MR) is 66.4 cm³/mol. The van der Waals surface area contributed by atoms with Crippen LogP contribution in [0.3, 0.4) is 0 Å². The highest BCUT2D eigenvalue weighted by Crippen LogP contribution is 2.02. The predicted octanol–water partition coefficient (Wildman–Crippen LogP) is 2.12. The number of benzene rings is 1. The van der Waals surface area contributed by atoms with Gasteiger partial charge in [0.2, 0.25) is 0 Å². The van der Waals surface area contributed by atoms with Crippen molar-refractivity contribution in [2.45, 2.75) is 25.5 Å². The Balaban J connectivity index is 2.38. The van der Waals surface area contributed by atoms with E-state index in [2.05, 4.69) is 5.32 Å². The summed E-state index contributed by atoms with van der Waals surface area (Å²) in [5, 5.41) is 11.0. The van der Waals surface area contributed by atoms with Crippen LogP contribution < -0.4 is 5.32 Å². The number of hydrogen-bond donors (Lipinski definition) is 2. The molecule has 0 saturated heterocycles. The molecule has 0 fully saturated rings. The van der Waals surface area contributed by atoms with E-state index in [1.807, 2.05) is 6.07 Å². The molecule has 0 aliphatic carbocycles. The molecule has 6 heteroatoms. The van der Waals surface area contributed by atoms with Crippen LogP contribution in [-0.2, 0) is 16.1 Å². The minimum atomic E-state index is -1.20. The fourth-order valence-electron chi connectivity index (χ4n) is 1.45. The van der Waals surface area contributed by atoms with E-state index in [4.69, 9.17) is 9.84 Å². The number of hydrogen-bond acceptors (Lipinski definition) is 3. The van der Waals surface area contributed by atoms with E-state index in [1.54, 1.807) is 24.3 Å². The first-order valence-corrected chi connectivity index (χ1v) is 5.89. The molecule has 0 spiro atoms. The summed E-state index contributed by atoms with van der Waals surface area (Å²) in [7, 11) is 0. The van der Waals surface area contributed by atoms with Crippen molar-refractivity contribution in [1.82, 2.24) is 5.32 Å². The number of aliphatic carboxylic acids is 1. The van der Waals surface area contributed by atoms with E-state index in [0.717, 1.165) is 5.56 Å². The maximum atomic E-state index is 12.0. The Hall–Kier alpha value is -2.11. The number of rotatable bonds is 7. The molecule has 0 aromatic heterocycles. The molecule has 1 aromatic rings. The zero-order valence-electron chi connectivity index (χ0n) is 10.3. The molecule has 1 unspecified atom stereocenters. The summed E-state index contributed by atoms with van der Waals surface area (Å²) >= 11 is 0. The number of halogens is 1. The lowest BCUT2D eigenvalue weighted by Crippen LogP contribution is -2.41. The number of ether oxygens (including phenoxy) is 1. The summed E-state index contributed by atoms with van der Waals surface area (Å²) in [5.74, 6) is -1.20. The number of alkyl carbamates (subject to hydrolysis) is 1. The number of nitrogens with one attached hydrogen (secondary N) is 1. The van der Waals surface area contributed by atoms with Crippen LogP contribution in [0.4, 0.5) is 9.18 Å². The Bertz CT molecular complexity index is 410. The molecule has 1 amide bonds. The van der Waals surface area contributed by atoms with E-state index in [-0.39, 0.29) is 19.4 Å². The van der Waals surface area contributed by atoms with Gasteiger partial charge in [-0.15, -0.1) is 0 Å². The zero-order valence-corrected chi connectivity index (χ0v) is 10.3. The van der Waals surface area contributed by atoms with Crippen LogP contribution in [0.1, 0.15) is 18.4 Å². The smallest absolute Gasteiger partial charge is 0.408 e. The number of carboxylic acid groups (broad SMARTS) is 1. The van der Waals surface area contributed by atoms with Crippen LogP contribution in [0.15, 0.2) is 30.3 Å². The third-order valence-electron chi connectivity index (χ3n) is 2.43. The third-order valence-corrected chi connectivity index (χ3v) is 2.43. The Labute approximate surface area is 110 Å². The van der Waals surface area contributed by atoms with Gasteiger partial charge in [-0.05, 0) is 18.4 Å². The summed E-state index contributed by atoms with van der Waals surface area (Å²) in [6.07, 6.45) is -0.711. The molecule has 1 atom stereocenters. The van der Waals surface area contributed by atoms with E-state index in [9.17, 15) is 14.0 Å². The minimum Gasteiger partial charge on any atom is -0.480 e. The topological polar surface area (TPSA) is 75.6 Å². The quantitative estimate of drug-likeness (QED) is 0.795. The highest BCUT2D eigenvalue weighted by Gasteiger charge is 2.20. The van der Waals surface area contributed by atoms with Gasteiger partial charge in [-0.25, -0.2) is 9.59 Å². The molecular weight excluding hydrogens is 253 g/mol. The van der Waals surface area contributed by atoms with Gasteiger partial charge in [-0.3, -0.25) is 4.39 Å². The first-order valence-electron chi connectivity index (χ1n) is 5.89. The Morgan fingerprint density at radius 1 is 1.32 bits per heavy atom. The van der Waals surface area contributed by atoms with E-state index < -0.39 is 24.8 Å². The van der Waals surface area contributed by atoms with Gasteiger partial charge in [0.05, 0.1) is 6.67 Å². The van der Waals surface area contributed by atoms with Crippen molar-refractivity contribution in [1.29, 1.82) is 0 Å². The highest BCUT2D eigenvalue weighted by atomic mass is 19.1. The lowest BCUT2D eigenvalue weighted by Gasteiger charge is -2.13. The fraction of sp³-hybridized carbons (Fsp3) is 0.385. The van der Waals surface area contributed by atoms with E-state index >= 15 is 0 Å². The summed E-state index contributed by atoms with van der Waals surface area (Å²) in [5.41, 5.74) is 0.799. The van der Waals surface area contributed by atoms with Crippen LogP contribution in [0.25, 0.3) is 0 Å². The normalized spacial score (nSPS) is 11.6. The molecule has 104 valence electrons. The molecule has 1 aromatic carbocycles. The number of carbonyl (C=O) groups is 2. The van der Waals surface area contributed by atoms with Crippen molar-refractivity contribution in [2.75, 3.05) is 6.67 Å². The number of carboxylic acids is 1. The van der Waals surface area contributed by atoms with Gasteiger partial charge < -0.3 is 15.2 Å². The second-order valence-corrected chi connectivity index (χ2v) is 3.93. The molecule has 0 saturated carbocycles. The maximum absolute atomic E-state index is 12.0. The van der Waals surface area contributed by atoms with Crippen molar-refractivity contribution in [3.63, 3.8) is 0 Å². The average molecular weight is 269 g/mol. The van der Waals surface area contributed by atoms with Crippen molar-refractivity contribution in [3.8, 4) is 0 Å². The summed E-state index contributed by atoms with van der Waals surface area (Å²) < 4.78 is 16.9. The van der Waals surface area contributed by atoms with Gasteiger partial charge in [0.15, 0.2) is 0 Å². The molecule has 0 radical (unpaired) electrons. The second-order valence-electron chi connectivity index (χ2n) is 3.93. The van der Waals surface area contributed by atoms with Gasteiger partial charge in [0.25, 0.3) is 0 Å². The largest absolute Gasteiger partial charge is 0.480 e. The summed E-state index contributed by atoms with van der Waals surface area (Å²) in [4.78, 5) is 22.2. The number of carbonyl (C=O) groups excluding carboxylic acids is 1. The molecule has 0 aliphatic rings. The SMILES string of the molecule is O=C(NC(CCCF)C(=O)O)OCc1ccccc1. The first-order chi connectivity index (χ1) is 9.13. The highest BCUT2D eigenvalue weighted by molar-refractivity contribution is 5.79. The van der Waals surface area contributed by atoms with Crippen molar-refractivity contribution in [2.24, 2.45) is 0 Å². The minimum absolute atomic E-state index is 0.0340. The van der Waals surface area contributed by atoms with Gasteiger partial charge in [0.1, 0.15) is 12.6 Å². The lowest BCUT2D eigenvalue weighted by molar-refractivity contribution is -0.139. The van der Waals surface area contributed by atoms with Crippen LogP contribution in [0.5, 0.6) is 0 Å². The van der Waals surface area contributed by atoms with Crippen molar-refractivity contribution < 1.29 is 23.8 Å². The molecule has 5 nitrogen and oxygen atoms in total. The zero-order chi connectivity index (χ0) is 14.1. The molecule has 0 aliphatic heterocycles. The van der Waals surface area contributed by atoms with Gasteiger partial charge in [-0.1, -0.05) is 30.3 Å². The molecule has 2 N–H and O–H groups in total. The molecule has 19 heavy (non-hydrogen) atoms. The van der Waals surface area contributed by atoms with Crippen LogP contribution in [0.2, 0.25) is 0 Å². The van der Waals surface area contributed by atoms with Gasteiger partial charge in [-0.2, -0.15) is 0 Å². The second kappa shape index (κ2) is 8.07. The van der Waals surface area contributed by atoms with Crippen LogP contribution in [0, 0.1) is 0 Å². The molecule has 0 bridgehead atoms. The standard InChI is InChI=1S/C13H16FNO4/c14-8-4-7-11(12(16)17)15-13(18)19-9-10-5-2-1-3-6-10/h1-3,5-6,11H,4,7-9H2,(H,15,18)(H,16,17). The number of alkyl halides is 1. The Kier molecular flexibility index (Phi) is 6.35. The third kappa shape index (κ3) is 5.85. The van der Waals surface area contributed by atoms with Crippen molar-refractivity contribution >= 4 is 12.1 Å². The molecular formula is C13H16FNO4. The van der Waals surface area contributed by atoms with Crippen LogP contribution >= 0.6 is 0 Å². The Morgan fingerprint density at radius 2 is 2.00 bits per heavy atom. The first kappa shape index (κ1) is 14.9. The summed E-state index contributed by atoms with van der Waals surface area (Å²) in [6, 6.07) is 7.88.